The molecule has 0 bridgehead atoms. The number of halogens is 1. The summed E-state index contributed by atoms with van der Waals surface area (Å²) in [5.74, 6) is 0.0611. The molecular weight excluding hydrogens is 218 g/mol. The zero-order valence-electron chi connectivity index (χ0n) is 7.71. The van der Waals surface area contributed by atoms with Crippen molar-refractivity contribution in [3.05, 3.63) is 23.2 Å². The van der Waals surface area contributed by atoms with E-state index in [4.69, 9.17) is 11.6 Å². The molecule has 4 heteroatoms. The Morgan fingerprint density at radius 3 is 3.14 bits per heavy atom. The molecule has 14 heavy (non-hydrogen) atoms. The van der Waals surface area contributed by atoms with Crippen LogP contribution < -0.4 is 5.32 Å². The number of rotatable bonds is 0. The van der Waals surface area contributed by atoms with Crippen LogP contribution >= 0.6 is 23.4 Å². The van der Waals surface area contributed by atoms with Crippen LogP contribution in [0.15, 0.2) is 23.1 Å². The molecule has 0 radical (unpaired) electrons. The minimum absolute atomic E-state index is 0.0611. The van der Waals surface area contributed by atoms with E-state index in [1.165, 1.54) is 0 Å². The molecule has 0 saturated carbocycles. The first-order valence-electron chi connectivity index (χ1n) is 4.42. The SMILES string of the molecule is CC1CC(=O)Nc2cccc(Cl)c2S1. The van der Waals surface area contributed by atoms with E-state index in [1.807, 2.05) is 25.1 Å². The molecule has 2 rings (SSSR count). The Hall–Kier alpha value is -0.670. The standard InChI is InChI=1S/C10H10ClNOS/c1-6-5-9(13)12-8-4-2-3-7(11)10(8)14-6/h2-4,6H,5H2,1H3,(H,12,13). The number of amides is 1. The molecule has 0 fully saturated rings. The van der Waals surface area contributed by atoms with Gasteiger partial charge in [0, 0.05) is 16.6 Å². The Bertz CT molecular complexity index is 380. The van der Waals surface area contributed by atoms with Gasteiger partial charge < -0.3 is 5.32 Å². The lowest BCUT2D eigenvalue weighted by atomic mass is 10.3. The van der Waals surface area contributed by atoms with Gasteiger partial charge in [-0.2, -0.15) is 0 Å². The van der Waals surface area contributed by atoms with Gasteiger partial charge >= 0.3 is 0 Å². The van der Waals surface area contributed by atoms with Crippen molar-refractivity contribution in [3.63, 3.8) is 0 Å². The zero-order chi connectivity index (χ0) is 10.1. The number of fused-ring (bicyclic) bond motifs is 1. The first-order valence-corrected chi connectivity index (χ1v) is 5.67. The molecule has 1 unspecified atom stereocenters. The van der Waals surface area contributed by atoms with Gasteiger partial charge in [0.25, 0.3) is 0 Å². The van der Waals surface area contributed by atoms with E-state index in [0.29, 0.717) is 11.4 Å². The zero-order valence-corrected chi connectivity index (χ0v) is 9.28. The van der Waals surface area contributed by atoms with Crippen molar-refractivity contribution in [1.29, 1.82) is 0 Å². The minimum Gasteiger partial charge on any atom is -0.325 e. The van der Waals surface area contributed by atoms with Gasteiger partial charge in [0.2, 0.25) is 5.91 Å². The summed E-state index contributed by atoms with van der Waals surface area (Å²) in [6.07, 6.45) is 0.537. The van der Waals surface area contributed by atoms with E-state index in [1.54, 1.807) is 11.8 Å². The summed E-state index contributed by atoms with van der Waals surface area (Å²) < 4.78 is 0. The fraction of sp³-hybridized carbons (Fsp3) is 0.300. The Morgan fingerprint density at radius 1 is 1.57 bits per heavy atom. The lowest BCUT2D eigenvalue weighted by molar-refractivity contribution is -0.116. The van der Waals surface area contributed by atoms with Gasteiger partial charge in [-0.1, -0.05) is 24.6 Å². The third-order valence-electron chi connectivity index (χ3n) is 2.03. The summed E-state index contributed by atoms with van der Waals surface area (Å²) in [6, 6.07) is 5.57. The highest BCUT2D eigenvalue weighted by Gasteiger charge is 2.20. The third-order valence-corrected chi connectivity index (χ3v) is 3.70. The van der Waals surface area contributed by atoms with Crippen LogP contribution in [-0.2, 0) is 4.79 Å². The molecule has 1 N–H and O–H groups in total. The van der Waals surface area contributed by atoms with E-state index in [2.05, 4.69) is 5.32 Å². The fourth-order valence-electron chi connectivity index (χ4n) is 1.43. The molecule has 0 spiro atoms. The lowest BCUT2D eigenvalue weighted by Gasteiger charge is -2.08. The molecule has 1 amide bonds. The number of hydrogen-bond acceptors (Lipinski definition) is 2. The highest BCUT2D eigenvalue weighted by Crippen LogP contribution is 2.39. The van der Waals surface area contributed by atoms with Gasteiger partial charge in [0.15, 0.2) is 0 Å². The first kappa shape index (κ1) is 9.87. The number of thioether (sulfide) groups is 1. The Kier molecular flexibility index (Phi) is 2.70. The second-order valence-corrected chi connectivity index (χ2v) is 5.15. The number of benzene rings is 1. The number of hydrogen-bond donors (Lipinski definition) is 1. The molecule has 1 aromatic carbocycles. The molecule has 1 aromatic rings. The summed E-state index contributed by atoms with van der Waals surface area (Å²) in [5.41, 5.74) is 0.830. The minimum atomic E-state index is 0.0611. The third kappa shape index (κ3) is 1.88. The van der Waals surface area contributed by atoms with Gasteiger partial charge in [0.1, 0.15) is 0 Å². The molecule has 0 aromatic heterocycles. The number of carbonyl (C=O) groups is 1. The quantitative estimate of drug-likeness (QED) is 0.738. The van der Waals surface area contributed by atoms with Crippen LogP contribution in [0.25, 0.3) is 0 Å². The Morgan fingerprint density at radius 2 is 2.36 bits per heavy atom. The van der Waals surface area contributed by atoms with Crippen molar-refractivity contribution in [3.8, 4) is 0 Å². The highest BCUT2D eigenvalue weighted by molar-refractivity contribution is 8.00. The van der Waals surface area contributed by atoms with E-state index in [9.17, 15) is 4.79 Å². The van der Waals surface area contributed by atoms with Crippen molar-refractivity contribution in [2.45, 2.75) is 23.5 Å². The summed E-state index contributed by atoms with van der Waals surface area (Å²) >= 11 is 7.70. The topological polar surface area (TPSA) is 29.1 Å². The smallest absolute Gasteiger partial charge is 0.225 e. The monoisotopic (exact) mass is 227 g/mol. The van der Waals surface area contributed by atoms with Gasteiger partial charge in [0.05, 0.1) is 10.7 Å². The molecule has 2 nitrogen and oxygen atoms in total. The van der Waals surface area contributed by atoms with E-state index >= 15 is 0 Å². The average molecular weight is 228 g/mol. The van der Waals surface area contributed by atoms with Crippen LogP contribution in [0.3, 0.4) is 0 Å². The molecule has 0 aliphatic carbocycles. The van der Waals surface area contributed by atoms with E-state index in [0.717, 1.165) is 10.6 Å². The van der Waals surface area contributed by atoms with Gasteiger partial charge in [-0.05, 0) is 12.1 Å². The number of anilines is 1. The fourth-order valence-corrected chi connectivity index (χ4v) is 2.80. The molecule has 1 aliphatic heterocycles. The van der Waals surface area contributed by atoms with Crippen LogP contribution in [0.5, 0.6) is 0 Å². The molecule has 1 aliphatic rings. The summed E-state index contributed by atoms with van der Waals surface area (Å²) in [7, 11) is 0. The van der Waals surface area contributed by atoms with Crippen LogP contribution in [0.4, 0.5) is 5.69 Å². The van der Waals surface area contributed by atoms with Crippen molar-refractivity contribution < 1.29 is 4.79 Å². The molecule has 0 saturated heterocycles. The van der Waals surface area contributed by atoms with Crippen LogP contribution in [-0.4, -0.2) is 11.2 Å². The molecule has 1 atom stereocenters. The Labute approximate surface area is 92.0 Å². The van der Waals surface area contributed by atoms with Gasteiger partial charge in [-0.25, -0.2) is 0 Å². The molecule has 1 heterocycles. The predicted octanol–water partition coefficient (Wildman–Crippen LogP) is 3.16. The predicted molar refractivity (Wildman–Crippen MR) is 60.0 cm³/mol. The van der Waals surface area contributed by atoms with Gasteiger partial charge in [-0.15, -0.1) is 11.8 Å². The van der Waals surface area contributed by atoms with Crippen molar-refractivity contribution in [2.24, 2.45) is 0 Å². The normalized spacial score (nSPS) is 21.0. The van der Waals surface area contributed by atoms with Crippen LogP contribution in [0.2, 0.25) is 5.02 Å². The maximum Gasteiger partial charge on any atom is 0.225 e. The number of carbonyl (C=O) groups excluding carboxylic acids is 1. The molecule has 74 valence electrons. The summed E-state index contributed by atoms with van der Waals surface area (Å²) in [6.45, 7) is 2.03. The van der Waals surface area contributed by atoms with E-state index in [-0.39, 0.29) is 11.2 Å². The number of nitrogens with one attached hydrogen (secondary N) is 1. The van der Waals surface area contributed by atoms with E-state index < -0.39 is 0 Å². The van der Waals surface area contributed by atoms with Gasteiger partial charge in [-0.3, -0.25) is 4.79 Å². The van der Waals surface area contributed by atoms with Crippen LogP contribution in [0, 0.1) is 0 Å². The van der Waals surface area contributed by atoms with Crippen molar-refractivity contribution >= 4 is 35.0 Å². The Balaban J connectivity index is 2.46. The molecular formula is C10H10ClNOS. The average Bonchev–Trinajstić information content (AvgIpc) is 2.23. The highest BCUT2D eigenvalue weighted by atomic mass is 35.5. The van der Waals surface area contributed by atoms with Crippen LogP contribution in [0.1, 0.15) is 13.3 Å². The maximum atomic E-state index is 11.4. The lowest BCUT2D eigenvalue weighted by Crippen LogP contribution is -2.13. The first-order chi connectivity index (χ1) is 6.66. The second-order valence-electron chi connectivity index (χ2n) is 3.30. The largest absolute Gasteiger partial charge is 0.325 e. The van der Waals surface area contributed by atoms with Crippen molar-refractivity contribution in [1.82, 2.24) is 0 Å². The maximum absolute atomic E-state index is 11.4. The summed E-state index contributed by atoms with van der Waals surface area (Å²) in [4.78, 5) is 12.4. The van der Waals surface area contributed by atoms with Crippen molar-refractivity contribution in [2.75, 3.05) is 5.32 Å². The second kappa shape index (κ2) is 3.83. The summed E-state index contributed by atoms with van der Waals surface area (Å²) in [5, 5.41) is 3.83.